The zero-order valence-corrected chi connectivity index (χ0v) is 10.3. The molecule has 1 aliphatic carbocycles. The van der Waals surface area contributed by atoms with Crippen LogP contribution in [-0.2, 0) is 9.53 Å². The largest absolute Gasteiger partial charge is 0.373 e. The van der Waals surface area contributed by atoms with E-state index in [0.29, 0.717) is 19.6 Å². The van der Waals surface area contributed by atoms with Gasteiger partial charge in [-0.25, -0.2) is 0 Å². The molecule has 0 radical (unpaired) electrons. The Morgan fingerprint density at radius 1 is 1.31 bits per heavy atom. The van der Waals surface area contributed by atoms with E-state index in [2.05, 4.69) is 5.32 Å². The number of carbonyl (C=O) groups excluding carboxylic acids is 1. The van der Waals surface area contributed by atoms with Crippen molar-refractivity contribution in [1.82, 2.24) is 5.32 Å². The van der Waals surface area contributed by atoms with Gasteiger partial charge in [-0.1, -0.05) is 25.7 Å². The highest BCUT2D eigenvalue weighted by atomic mass is 16.5. The second kappa shape index (κ2) is 6.86. The first kappa shape index (κ1) is 13.5. The van der Waals surface area contributed by atoms with Crippen LogP contribution in [0.15, 0.2) is 0 Å². The fraction of sp³-hybridized carbons (Fsp3) is 0.917. The van der Waals surface area contributed by atoms with E-state index in [9.17, 15) is 4.79 Å². The average molecular weight is 228 g/mol. The standard InChI is InChI=1S/C12H24N2O2/c1-14-11(15)6-9-16-12(10-13)7-4-2-3-5-8-12/h2-10,13H2,1H3,(H,14,15). The van der Waals surface area contributed by atoms with Crippen molar-refractivity contribution in [2.45, 2.75) is 50.5 Å². The van der Waals surface area contributed by atoms with Crippen LogP contribution in [0.1, 0.15) is 44.9 Å². The van der Waals surface area contributed by atoms with Crippen LogP contribution in [0.5, 0.6) is 0 Å². The highest BCUT2D eigenvalue weighted by Crippen LogP contribution is 2.29. The normalized spacial score (nSPS) is 20.1. The second-order valence-corrected chi connectivity index (χ2v) is 4.57. The van der Waals surface area contributed by atoms with E-state index in [1.165, 1.54) is 25.7 Å². The Kier molecular flexibility index (Phi) is 5.77. The summed E-state index contributed by atoms with van der Waals surface area (Å²) in [6, 6.07) is 0. The molecule has 0 saturated heterocycles. The summed E-state index contributed by atoms with van der Waals surface area (Å²) in [6.45, 7) is 1.05. The van der Waals surface area contributed by atoms with Crippen molar-refractivity contribution in [3.8, 4) is 0 Å². The van der Waals surface area contributed by atoms with Gasteiger partial charge in [0.15, 0.2) is 0 Å². The molecule has 0 aromatic heterocycles. The van der Waals surface area contributed by atoms with Crippen molar-refractivity contribution in [3.05, 3.63) is 0 Å². The molecule has 0 spiro atoms. The van der Waals surface area contributed by atoms with Gasteiger partial charge in [0.2, 0.25) is 5.91 Å². The molecular weight excluding hydrogens is 204 g/mol. The van der Waals surface area contributed by atoms with E-state index in [0.717, 1.165) is 12.8 Å². The van der Waals surface area contributed by atoms with Crippen molar-refractivity contribution in [2.24, 2.45) is 5.73 Å². The average Bonchev–Trinajstić information content (AvgIpc) is 2.55. The number of ether oxygens (including phenoxy) is 1. The lowest BCUT2D eigenvalue weighted by atomic mass is 9.94. The van der Waals surface area contributed by atoms with Crippen LogP contribution in [0.2, 0.25) is 0 Å². The number of nitrogens with one attached hydrogen (secondary N) is 1. The van der Waals surface area contributed by atoms with Crippen LogP contribution < -0.4 is 11.1 Å². The number of amides is 1. The summed E-state index contributed by atoms with van der Waals surface area (Å²) < 4.78 is 5.89. The van der Waals surface area contributed by atoms with Gasteiger partial charge in [0.1, 0.15) is 0 Å². The molecule has 16 heavy (non-hydrogen) atoms. The first-order chi connectivity index (χ1) is 7.72. The molecule has 94 valence electrons. The third-order valence-electron chi connectivity index (χ3n) is 3.40. The SMILES string of the molecule is CNC(=O)CCOC1(CN)CCCCCC1. The highest BCUT2D eigenvalue weighted by Gasteiger charge is 2.30. The van der Waals surface area contributed by atoms with E-state index in [-0.39, 0.29) is 11.5 Å². The van der Waals surface area contributed by atoms with Crippen LogP contribution in [0.25, 0.3) is 0 Å². The Morgan fingerprint density at radius 3 is 2.44 bits per heavy atom. The Labute approximate surface area is 97.9 Å². The van der Waals surface area contributed by atoms with E-state index in [4.69, 9.17) is 10.5 Å². The van der Waals surface area contributed by atoms with Gasteiger partial charge in [0.05, 0.1) is 12.2 Å². The zero-order valence-electron chi connectivity index (χ0n) is 10.3. The molecule has 0 atom stereocenters. The molecule has 0 heterocycles. The first-order valence-corrected chi connectivity index (χ1v) is 6.27. The van der Waals surface area contributed by atoms with Gasteiger partial charge in [-0.05, 0) is 12.8 Å². The molecule has 1 rings (SSSR count). The summed E-state index contributed by atoms with van der Waals surface area (Å²) in [5.41, 5.74) is 5.67. The van der Waals surface area contributed by atoms with Gasteiger partial charge in [-0.3, -0.25) is 4.79 Å². The topological polar surface area (TPSA) is 64.3 Å². The van der Waals surface area contributed by atoms with Gasteiger partial charge < -0.3 is 15.8 Å². The van der Waals surface area contributed by atoms with Gasteiger partial charge in [-0.15, -0.1) is 0 Å². The van der Waals surface area contributed by atoms with Gasteiger partial charge >= 0.3 is 0 Å². The summed E-state index contributed by atoms with van der Waals surface area (Å²) in [6.07, 6.45) is 7.45. The summed E-state index contributed by atoms with van der Waals surface area (Å²) >= 11 is 0. The predicted molar refractivity (Wildman–Crippen MR) is 64.1 cm³/mol. The van der Waals surface area contributed by atoms with Crippen molar-refractivity contribution < 1.29 is 9.53 Å². The van der Waals surface area contributed by atoms with Crippen LogP contribution in [0.4, 0.5) is 0 Å². The molecule has 0 bridgehead atoms. The maximum absolute atomic E-state index is 11.1. The lowest BCUT2D eigenvalue weighted by Gasteiger charge is -2.31. The van der Waals surface area contributed by atoms with Crippen molar-refractivity contribution >= 4 is 5.91 Å². The Balaban J connectivity index is 2.36. The number of rotatable bonds is 5. The molecule has 1 saturated carbocycles. The van der Waals surface area contributed by atoms with Crippen molar-refractivity contribution in [1.29, 1.82) is 0 Å². The maximum Gasteiger partial charge on any atom is 0.222 e. The lowest BCUT2D eigenvalue weighted by molar-refractivity contribution is -0.124. The minimum Gasteiger partial charge on any atom is -0.373 e. The molecule has 4 heteroatoms. The van der Waals surface area contributed by atoms with Crippen LogP contribution >= 0.6 is 0 Å². The molecule has 4 nitrogen and oxygen atoms in total. The Morgan fingerprint density at radius 2 is 1.94 bits per heavy atom. The van der Waals surface area contributed by atoms with Crippen LogP contribution in [0.3, 0.4) is 0 Å². The summed E-state index contributed by atoms with van der Waals surface area (Å²) in [7, 11) is 1.65. The number of hydrogen-bond acceptors (Lipinski definition) is 3. The van der Waals surface area contributed by atoms with Gasteiger partial charge in [0, 0.05) is 20.0 Å². The van der Waals surface area contributed by atoms with Crippen molar-refractivity contribution in [2.75, 3.05) is 20.2 Å². The van der Waals surface area contributed by atoms with Crippen LogP contribution in [-0.4, -0.2) is 31.7 Å². The van der Waals surface area contributed by atoms with Gasteiger partial charge in [-0.2, -0.15) is 0 Å². The Bertz CT molecular complexity index is 211. The molecule has 1 amide bonds. The molecule has 0 aromatic rings. The van der Waals surface area contributed by atoms with Gasteiger partial charge in [0.25, 0.3) is 0 Å². The molecule has 3 N–H and O–H groups in total. The monoisotopic (exact) mass is 228 g/mol. The fourth-order valence-electron chi connectivity index (χ4n) is 2.27. The summed E-state index contributed by atoms with van der Waals surface area (Å²) in [4.78, 5) is 11.1. The molecule has 1 aliphatic rings. The molecular formula is C12H24N2O2. The summed E-state index contributed by atoms with van der Waals surface area (Å²) in [5.74, 6) is 0.0285. The van der Waals surface area contributed by atoms with E-state index >= 15 is 0 Å². The maximum atomic E-state index is 11.1. The number of nitrogens with two attached hydrogens (primary N) is 1. The fourth-order valence-corrected chi connectivity index (χ4v) is 2.27. The quantitative estimate of drug-likeness (QED) is 0.695. The smallest absolute Gasteiger partial charge is 0.222 e. The molecule has 1 fully saturated rings. The van der Waals surface area contributed by atoms with E-state index in [1.807, 2.05) is 0 Å². The second-order valence-electron chi connectivity index (χ2n) is 4.57. The minimum absolute atomic E-state index is 0.0285. The number of carbonyl (C=O) groups is 1. The highest BCUT2D eigenvalue weighted by molar-refractivity contribution is 5.75. The third kappa shape index (κ3) is 4.10. The predicted octanol–water partition coefficient (Wildman–Crippen LogP) is 1.19. The zero-order chi connectivity index (χ0) is 11.9. The molecule has 0 unspecified atom stereocenters. The molecule has 0 aromatic carbocycles. The van der Waals surface area contributed by atoms with Crippen LogP contribution in [0, 0.1) is 0 Å². The van der Waals surface area contributed by atoms with E-state index < -0.39 is 0 Å². The third-order valence-corrected chi connectivity index (χ3v) is 3.40. The minimum atomic E-state index is -0.162. The first-order valence-electron chi connectivity index (χ1n) is 6.27. The van der Waals surface area contributed by atoms with Crippen molar-refractivity contribution in [3.63, 3.8) is 0 Å². The van der Waals surface area contributed by atoms with E-state index in [1.54, 1.807) is 7.05 Å². The summed E-state index contributed by atoms with van der Waals surface area (Å²) in [5, 5.41) is 2.60. The lowest BCUT2D eigenvalue weighted by Crippen LogP contribution is -2.41. The Hall–Kier alpha value is -0.610. The number of hydrogen-bond donors (Lipinski definition) is 2. The molecule has 0 aliphatic heterocycles.